The Morgan fingerprint density at radius 1 is 1.33 bits per heavy atom. The van der Waals surface area contributed by atoms with Crippen molar-refractivity contribution >= 4 is 17.5 Å². The maximum atomic E-state index is 13.2. The lowest BCUT2D eigenvalue weighted by molar-refractivity contribution is 0.0940. The number of nitrogens with one attached hydrogen (secondary N) is 1. The van der Waals surface area contributed by atoms with Crippen molar-refractivity contribution in [2.24, 2.45) is 0 Å². The van der Waals surface area contributed by atoms with E-state index >= 15 is 0 Å². The van der Waals surface area contributed by atoms with Crippen LogP contribution in [0.5, 0.6) is 0 Å². The molecule has 0 atom stereocenters. The summed E-state index contributed by atoms with van der Waals surface area (Å²) in [5.74, 6) is -1.72. The van der Waals surface area contributed by atoms with Crippen molar-refractivity contribution in [3.8, 4) is 0 Å². The Hall–Kier alpha value is -1.20. The summed E-state index contributed by atoms with van der Waals surface area (Å²) < 4.78 is 31.0. The molecule has 6 heteroatoms. The Kier molecular flexibility index (Phi) is 6.60. The molecule has 0 spiro atoms. The van der Waals surface area contributed by atoms with Gasteiger partial charge in [0.05, 0.1) is 12.2 Å². The maximum Gasteiger partial charge on any atom is 0.254 e. The van der Waals surface area contributed by atoms with Crippen molar-refractivity contribution in [1.82, 2.24) is 5.32 Å². The van der Waals surface area contributed by atoms with Crippen LogP contribution in [0.2, 0.25) is 0 Å². The fourth-order valence-corrected chi connectivity index (χ4v) is 1.41. The van der Waals surface area contributed by atoms with Crippen molar-refractivity contribution in [1.29, 1.82) is 0 Å². The molecule has 3 nitrogen and oxygen atoms in total. The van der Waals surface area contributed by atoms with E-state index in [0.29, 0.717) is 38.1 Å². The third-order valence-electron chi connectivity index (χ3n) is 2.15. The molecule has 1 aromatic carbocycles. The molecule has 0 bridgehead atoms. The molecule has 0 unspecified atom stereocenters. The maximum absolute atomic E-state index is 13.2. The molecule has 0 saturated carbocycles. The lowest BCUT2D eigenvalue weighted by Crippen LogP contribution is -2.26. The molecule has 1 rings (SSSR count). The van der Waals surface area contributed by atoms with Gasteiger partial charge in [0.15, 0.2) is 0 Å². The molecule has 100 valence electrons. The third kappa shape index (κ3) is 4.98. The minimum atomic E-state index is -0.870. The molecule has 18 heavy (non-hydrogen) atoms. The predicted molar refractivity (Wildman–Crippen MR) is 64.8 cm³/mol. The molecule has 0 heterocycles. The van der Waals surface area contributed by atoms with E-state index in [9.17, 15) is 13.6 Å². The first kappa shape index (κ1) is 14.9. The summed E-state index contributed by atoms with van der Waals surface area (Å²) in [6.07, 6.45) is 0.603. The van der Waals surface area contributed by atoms with Crippen LogP contribution in [-0.2, 0) is 4.74 Å². The Balaban J connectivity index is 2.32. The highest BCUT2D eigenvalue weighted by atomic mass is 35.5. The highest BCUT2D eigenvalue weighted by Gasteiger charge is 2.11. The van der Waals surface area contributed by atoms with Crippen molar-refractivity contribution in [2.45, 2.75) is 6.42 Å². The number of hydrogen-bond acceptors (Lipinski definition) is 2. The molecule has 0 saturated heterocycles. The van der Waals surface area contributed by atoms with Gasteiger partial charge in [0.25, 0.3) is 5.91 Å². The summed E-state index contributed by atoms with van der Waals surface area (Å²) >= 11 is 5.41. The molecule has 0 aromatic heterocycles. The third-order valence-corrected chi connectivity index (χ3v) is 2.30. The number of amides is 1. The monoisotopic (exact) mass is 277 g/mol. The number of rotatable bonds is 7. The van der Waals surface area contributed by atoms with Gasteiger partial charge in [-0.15, -0.1) is 11.6 Å². The number of ether oxygens (including phenoxy) is 1. The van der Waals surface area contributed by atoms with E-state index in [1.54, 1.807) is 0 Å². The number of halogens is 3. The molecule has 1 N–H and O–H groups in total. The highest BCUT2D eigenvalue weighted by molar-refractivity contribution is 6.17. The van der Waals surface area contributed by atoms with Crippen LogP contribution in [-0.4, -0.2) is 31.5 Å². The van der Waals surface area contributed by atoms with Crippen molar-refractivity contribution in [2.75, 3.05) is 25.6 Å². The number of alkyl halides is 1. The molecule has 0 aliphatic rings. The van der Waals surface area contributed by atoms with E-state index in [1.807, 2.05) is 0 Å². The van der Waals surface area contributed by atoms with Crippen LogP contribution in [0.4, 0.5) is 8.78 Å². The normalized spacial score (nSPS) is 10.4. The van der Waals surface area contributed by atoms with E-state index in [4.69, 9.17) is 16.3 Å². The number of hydrogen-bond donors (Lipinski definition) is 1. The molecule has 1 amide bonds. The van der Waals surface area contributed by atoms with Crippen LogP contribution >= 0.6 is 11.6 Å². The summed E-state index contributed by atoms with van der Waals surface area (Å²) in [5, 5.41) is 2.52. The second-order valence-corrected chi connectivity index (χ2v) is 3.91. The number of carbonyl (C=O) groups excluding carboxylic acids is 1. The van der Waals surface area contributed by atoms with Crippen molar-refractivity contribution < 1.29 is 18.3 Å². The van der Waals surface area contributed by atoms with E-state index in [-0.39, 0.29) is 5.56 Å². The van der Waals surface area contributed by atoms with Crippen molar-refractivity contribution in [3.05, 3.63) is 35.4 Å². The van der Waals surface area contributed by atoms with Crippen LogP contribution in [0.1, 0.15) is 16.8 Å². The fraction of sp³-hybridized carbons (Fsp3) is 0.417. The minimum absolute atomic E-state index is 0.168. The number of carbonyl (C=O) groups is 1. The van der Waals surface area contributed by atoms with Crippen LogP contribution in [0.3, 0.4) is 0 Å². The van der Waals surface area contributed by atoms with Gasteiger partial charge in [-0.2, -0.15) is 0 Å². The summed E-state index contributed by atoms with van der Waals surface area (Å²) in [5.41, 5.74) is -0.168. The van der Waals surface area contributed by atoms with Gasteiger partial charge in [-0.1, -0.05) is 0 Å². The lowest BCUT2D eigenvalue weighted by Gasteiger charge is -2.06. The summed E-state index contributed by atoms with van der Waals surface area (Å²) in [4.78, 5) is 11.5. The van der Waals surface area contributed by atoms with Gasteiger partial charge in [-0.05, 0) is 18.6 Å². The van der Waals surface area contributed by atoms with Gasteiger partial charge in [-0.25, -0.2) is 8.78 Å². The standard InChI is InChI=1S/C12H14ClF2NO2/c13-4-7-18-6-1-5-16-12(17)10-3-2-9(14)8-11(10)15/h2-3,8H,1,4-7H2,(H,16,17). The van der Waals surface area contributed by atoms with Crippen LogP contribution < -0.4 is 5.32 Å². The Labute approximate surface area is 109 Å². The smallest absolute Gasteiger partial charge is 0.254 e. The largest absolute Gasteiger partial charge is 0.380 e. The summed E-state index contributed by atoms with van der Waals surface area (Å²) in [6.45, 7) is 1.29. The van der Waals surface area contributed by atoms with Gasteiger partial charge in [0.2, 0.25) is 0 Å². The quantitative estimate of drug-likeness (QED) is 0.614. The first-order valence-corrected chi connectivity index (χ1v) is 6.05. The SMILES string of the molecule is O=C(NCCCOCCCl)c1ccc(F)cc1F. The topological polar surface area (TPSA) is 38.3 Å². The second-order valence-electron chi connectivity index (χ2n) is 3.53. The molecule has 1 aromatic rings. The van der Waals surface area contributed by atoms with Gasteiger partial charge < -0.3 is 10.1 Å². The number of benzene rings is 1. The van der Waals surface area contributed by atoms with E-state index in [0.717, 1.165) is 12.1 Å². The zero-order valence-corrected chi connectivity index (χ0v) is 10.5. The first-order chi connectivity index (χ1) is 8.65. The van der Waals surface area contributed by atoms with E-state index in [2.05, 4.69) is 5.32 Å². The second kappa shape index (κ2) is 8.00. The molecule has 0 aliphatic heterocycles. The van der Waals surface area contributed by atoms with E-state index < -0.39 is 17.5 Å². The minimum Gasteiger partial charge on any atom is -0.380 e. The lowest BCUT2D eigenvalue weighted by atomic mass is 10.2. The highest BCUT2D eigenvalue weighted by Crippen LogP contribution is 2.09. The molecule has 0 fully saturated rings. The Bertz CT molecular complexity index is 402. The summed E-state index contributed by atoms with van der Waals surface area (Å²) in [7, 11) is 0. The summed E-state index contributed by atoms with van der Waals surface area (Å²) in [6, 6.07) is 2.84. The average Bonchev–Trinajstić information content (AvgIpc) is 2.33. The van der Waals surface area contributed by atoms with E-state index in [1.165, 1.54) is 0 Å². The predicted octanol–water partition coefficient (Wildman–Crippen LogP) is 2.34. The van der Waals surface area contributed by atoms with Crippen LogP contribution in [0.15, 0.2) is 18.2 Å². The Morgan fingerprint density at radius 2 is 2.11 bits per heavy atom. The fourth-order valence-electron chi connectivity index (χ4n) is 1.30. The van der Waals surface area contributed by atoms with Gasteiger partial charge in [-0.3, -0.25) is 4.79 Å². The first-order valence-electron chi connectivity index (χ1n) is 5.52. The van der Waals surface area contributed by atoms with Gasteiger partial charge in [0.1, 0.15) is 11.6 Å². The zero-order valence-electron chi connectivity index (χ0n) is 9.72. The molecule has 0 aliphatic carbocycles. The zero-order chi connectivity index (χ0) is 13.4. The molecular formula is C12H14ClF2NO2. The van der Waals surface area contributed by atoms with Crippen molar-refractivity contribution in [3.63, 3.8) is 0 Å². The van der Waals surface area contributed by atoms with Crippen LogP contribution in [0.25, 0.3) is 0 Å². The van der Waals surface area contributed by atoms with Crippen LogP contribution in [0, 0.1) is 11.6 Å². The molecule has 0 radical (unpaired) electrons. The van der Waals surface area contributed by atoms with Gasteiger partial charge in [0, 0.05) is 25.1 Å². The Morgan fingerprint density at radius 3 is 2.78 bits per heavy atom. The average molecular weight is 278 g/mol. The van der Waals surface area contributed by atoms with Gasteiger partial charge >= 0.3 is 0 Å². The molecular weight excluding hydrogens is 264 g/mol.